The number of imidazole rings is 1. The number of nitrogens with zero attached hydrogens (tertiary/aromatic N) is 2. The summed E-state index contributed by atoms with van der Waals surface area (Å²) in [6, 6.07) is 5.77. The van der Waals surface area contributed by atoms with Gasteiger partial charge in [0.05, 0.1) is 24.3 Å². The molecule has 0 saturated heterocycles. The van der Waals surface area contributed by atoms with Crippen molar-refractivity contribution in [2.45, 2.75) is 64.7 Å². The molecule has 4 N–H and O–H groups in total. The van der Waals surface area contributed by atoms with E-state index in [0.717, 1.165) is 5.69 Å². The van der Waals surface area contributed by atoms with E-state index in [1.165, 1.54) is 19.1 Å². The molecule has 0 radical (unpaired) electrons. The number of hydrogen-bond donors (Lipinski definition) is 4. The van der Waals surface area contributed by atoms with E-state index in [-0.39, 0.29) is 30.6 Å². The van der Waals surface area contributed by atoms with Crippen molar-refractivity contribution in [3.63, 3.8) is 0 Å². The number of hydrogen-bond acceptors (Lipinski definition) is 5. The minimum Gasteiger partial charge on any atom is -0.481 e. The lowest BCUT2D eigenvalue weighted by Crippen LogP contribution is -2.22. The van der Waals surface area contributed by atoms with Gasteiger partial charge in [0.25, 0.3) is 0 Å². The van der Waals surface area contributed by atoms with Crippen molar-refractivity contribution in [1.29, 1.82) is 0 Å². The molecular weight excluding hydrogens is 393 g/mol. The first-order valence-electron chi connectivity index (χ1n) is 9.81. The Labute approximate surface area is 174 Å². The van der Waals surface area contributed by atoms with E-state index in [0.29, 0.717) is 23.6 Å². The summed E-state index contributed by atoms with van der Waals surface area (Å²) in [5.41, 5.74) is 1.97. The average molecular weight is 421 g/mol. The van der Waals surface area contributed by atoms with E-state index in [2.05, 4.69) is 10.3 Å². The smallest absolute Gasteiger partial charge is 0.305 e. The van der Waals surface area contributed by atoms with Gasteiger partial charge in [0.15, 0.2) is 0 Å². The SMILES string of the molecule is CC(=O)Nc1nc(-c2ccc(F)cc2)c(CCC(O)CC(O)CC(=O)O)n1C(C)C. The number of aliphatic hydroxyl groups excluding tert-OH is 2. The molecule has 164 valence electrons. The van der Waals surface area contributed by atoms with E-state index in [1.54, 1.807) is 12.1 Å². The van der Waals surface area contributed by atoms with Crippen molar-refractivity contribution in [1.82, 2.24) is 9.55 Å². The third-order valence-electron chi connectivity index (χ3n) is 4.60. The normalized spacial score (nSPS) is 13.3. The molecule has 2 aromatic rings. The van der Waals surface area contributed by atoms with Crippen LogP contribution < -0.4 is 5.32 Å². The number of halogens is 1. The molecule has 0 aliphatic heterocycles. The lowest BCUT2D eigenvalue weighted by atomic mass is 10.0. The highest BCUT2D eigenvalue weighted by atomic mass is 19.1. The fraction of sp³-hybridized carbons (Fsp3) is 0.476. The van der Waals surface area contributed by atoms with Crippen molar-refractivity contribution < 1.29 is 29.3 Å². The first-order chi connectivity index (χ1) is 14.1. The highest BCUT2D eigenvalue weighted by Crippen LogP contribution is 2.31. The summed E-state index contributed by atoms with van der Waals surface area (Å²) in [5.74, 6) is -1.44. The first-order valence-corrected chi connectivity index (χ1v) is 9.81. The Morgan fingerprint density at radius 2 is 1.80 bits per heavy atom. The average Bonchev–Trinajstić information content (AvgIpc) is 2.97. The van der Waals surface area contributed by atoms with E-state index >= 15 is 0 Å². The van der Waals surface area contributed by atoms with Gasteiger partial charge in [0.1, 0.15) is 5.82 Å². The Kier molecular flexibility index (Phi) is 8.08. The molecular formula is C21H28FN3O5. The number of anilines is 1. The van der Waals surface area contributed by atoms with Crippen molar-refractivity contribution in [3.05, 3.63) is 35.8 Å². The third kappa shape index (κ3) is 6.36. The van der Waals surface area contributed by atoms with Crippen LogP contribution in [0.5, 0.6) is 0 Å². The van der Waals surface area contributed by atoms with Crippen LogP contribution in [0, 0.1) is 5.82 Å². The predicted octanol–water partition coefficient (Wildman–Crippen LogP) is 2.75. The van der Waals surface area contributed by atoms with Crippen LogP contribution in [0.4, 0.5) is 10.3 Å². The number of carboxylic acids is 1. The summed E-state index contributed by atoms with van der Waals surface area (Å²) in [7, 11) is 0. The maximum atomic E-state index is 13.4. The summed E-state index contributed by atoms with van der Waals surface area (Å²) in [6.45, 7) is 5.24. The van der Waals surface area contributed by atoms with Crippen LogP contribution in [-0.2, 0) is 16.0 Å². The number of benzene rings is 1. The molecule has 2 atom stereocenters. The number of carbonyl (C=O) groups is 2. The van der Waals surface area contributed by atoms with E-state index < -0.39 is 24.6 Å². The molecule has 2 unspecified atom stereocenters. The second-order valence-corrected chi connectivity index (χ2v) is 7.56. The molecule has 9 heteroatoms. The standard InChI is InChI=1S/C21H28FN3O5/c1-12(2)25-18(9-8-16(27)10-17(28)11-19(29)30)20(24-21(25)23-13(3)26)14-4-6-15(22)7-5-14/h4-7,12,16-17,27-28H,8-11H2,1-3H3,(H,29,30)(H,23,24,26). The number of aliphatic carboxylic acids is 1. The second-order valence-electron chi connectivity index (χ2n) is 7.56. The molecule has 0 aliphatic rings. The molecule has 1 aromatic carbocycles. The van der Waals surface area contributed by atoms with Gasteiger partial charge >= 0.3 is 5.97 Å². The topological polar surface area (TPSA) is 125 Å². The number of aliphatic hydroxyl groups is 2. The number of amides is 1. The van der Waals surface area contributed by atoms with Crippen molar-refractivity contribution in [3.8, 4) is 11.3 Å². The summed E-state index contributed by atoms with van der Waals surface area (Å²) in [5, 5.41) is 31.5. The lowest BCUT2D eigenvalue weighted by molar-refractivity contribution is -0.139. The monoisotopic (exact) mass is 421 g/mol. The van der Waals surface area contributed by atoms with Gasteiger partial charge in [-0.25, -0.2) is 9.37 Å². The zero-order chi connectivity index (χ0) is 22.4. The van der Waals surface area contributed by atoms with E-state index in [9.17, 15) is 24.2 Å². The number of carbonyl (C=O) groups excluding carboxylic acids is 1. The fourth-order valence-corrected chi connectivity index (χ4v) is 3.37. The number of rotatable bonds is 10. The molecule has 0 bridgehead atoms. The quantitative estimate of drug-likeness (QED) is 0.468. The predicted molar refractivity (Wildman–Crippen MR) is 110 cm³/mol. The number of carboxylic acid groups (broad SMARTS) is 1. The van der Waals surface area contributed by atoms with Gasteiger partial charge in [0, 0.05) is 24.2 Å². The zero-order valence-corrected chi connectivity index (χ0v) is 17.3. The minimum absolute atomic E-state index is 0.0571. The van der Waals surface area contributed by atoms with Gasteiger partial charge < -0.3 is 19.9 Å². The molecule has 8 nitrogen and oxygen atoms in total. The zero-order valence-electron chi connectivity index (χ0n) is 17.3. The second kappa shape index (κ2) is 10.3. The van der Waals surface area contributed by atoms with E-state index in [4.69, 9.17) is 5.11 Å². The Hall–Kier alpha value is -2.78. The van der Waals surface area contributed by atoms with Crippen molar-refractivity contribution in [2.75, 3.05) is 5.32 Å². The summed E-state index contributed by atoms with van der Waals surface area (Å²) in [6.07, 6.45) is -1.94. The van der Waals surface area contributed by atoms with E-state index in [1.807, 2.05) is 18.4 Å². The van der Waals surface area contributed by atoms with Crippen LogP contribution in [0.2, 0.25) is 0 Å². The van der Waals surface area contributed by atoms with Gasteiger partial charge in [0.2, 0.25) is 11.9 Å². The van der Waals surface area contributed by atoms with Gasteiger partial charge in [-0.2, -0.15) is 0 Å². The van der Waals surface area contributed by atoms with Crippen LogP contribution >= 0.6 is 0 Å². The summed E-state index contributed by atoms with van der Waals surface area (Å²) in [4.78, 5) is 26.9. The van der Waals surface area contributed by atoms with Crippen molar-refractivity contribution in [2.24, 2.45) is 0 Å². The van der Waals surface area contributed by atoms with Gasteiger partial charge in [-0.15, -0.1) is 0 Å². The van der Waals surface area contributed by atoms with Gasteiger partial charge in [-0.1, -0.05) is 0 Å². The molecule has 2 rings (SSSR count). The largest absolute Gasteiger partial charge is 0.481 e. The number of aromatic nitrogens is 2. The maximum absolute atomic E-state index is 13.4. The minimum atomic E-state index is -1.14. The highest BCUT2D eigenvalue weighted by molar-refractivity contribution is 5.87. The van der Waals surface area contributed by atoms with Crippen LogP contribution in [0.3, 0.4) is 0 Å². The van der Waals surface area contributed by atoms with Crippen LogP contribution in [0.15, 0.2) is 24.3 Å². The Balaban J connectivity index is 2.34. The third-order valence-corrected chi connectivity index (χ3v) is 4.60. The number of nitrogens with one attached hydrogen (secondary N) is 1. The lowest BCUT2D eigenvalue weighted by Gasteiger charge is -2.18. The fourth-order valence-electron chi connectivity index (χ4n) is 3.37. The maximum Gasteiger partial charge on any atom is 0.305 e. The molecule has 0 saturated carbocycles. The molecule has 1 heterocycles. The van der Waals surface area contributed by atoms with Gasteiger partial charge in [-0.3, -0.25) is 14.9 Å². The van der Waals surface area contributed by atoms with Crippen molar-refractivity contribution >= 4 is 17.8 Å². The molecule has 0 aliphatic carbocycles. The van der Waals surface area contributed by atoms with Crippen LogP contribution in [0.25, 0.3) is 11.3 Å². The Morgan fingerprint density at radius 1 is 1.17 bits per heavy atom. The molecule has 0 fully saturated rings. The van der Waals surface area contributed by atoms with Crippen LogP contribution in [-0.4, -0.2) is 49.0 Å². The summed E-state index contributed by atoms with van der Waals surface area (Å²) < 4.78 is 15.2. The molecule has 30 heavy (non-hydrogen) atoms. The summed E-state index contributed by atoms with van der Waals surface area (Å²) >= 11 is 0. The Morgan fingerprint density at radius 3 is 2.33 bits per heavy atom. The molecule has 0 spiro atoms. The first kappa shape index (κ1) is 23.5. The van der Waals surface area contributed by atoms with Gasteiger partial charge in [-0.05, 0) is 57.4 Å². The molecule has 1 aromatic heterocycles. The highest BCUT2D eigenvalue weighted by Gasteiger charge is 2.23. The molecule has 1 amide bonds. The van der Waals surface area contributed by atoms with Crippen LogP contribution in [0.1, 0.15) is 51.8 Å². The Bertz CT molecular complexity index is 880.